The van der Waals surface area contributed by atoms with E-state index in [4.69, 9.17) is 4.42 Å². The van der Waals surface area contributed by atoms with Crippen LogP contribution in [0.3, 0.4) is 0 Å². The molecule has 0 unspecified atom stereocenters. The number of nitrogens with one attached hydrogen (secondary N) is 2. The molecule has 102 valence electrons. The highest BCUT2D eigenvalue weighted by Crippen LogP contribution is 2.15. The molecule has 0 fully saturated rings. The maximum Gasteiger partial charge on any atom is 0.273 e. The van der Waals surface area contributed by atoms with Gasteiger partial charge >= 0.3 is 0 Å². The molecule has 19 heavy (non-hydrogen) atoms. The molecule has 1 aromatic heterocycles. The zero-order valence-electron chi connectivity index (χ0n) is 10.8. The van der Waals surface area contributed by atoms with Crippen LogP contribution >= 0.6 is 0 Å². The maximum absolute atomic E-state index is 11.5. The first-order chi connectivity index (χ1) is 9.01. The van der Waals surface area contributed by atoms with Gasteiger partial charge in [-0.1, -0.05) is 17.7 Å². The van der Waals surface area contributed by atoms with E-state index in [0.717, 1.165) is 5.69 Å². The fourth-order valence-electron chi connectivity index (χ4n) is 1.56. The van der Waals surface area contributed by atoms with Crippen molar-refractivity contribution in [1.29, 1.82) is 0 Å². The third-order valence-electron chi connectivity index (χ3n) is 2.69. The van der Waals surface area contributed by atoms with E-state index in [2.05, 4.69) is 10.0 Å². The zero-order valence-corrected chi connectivity index (χ0v) is 11.6. The van der Waals surface area contributed by atoms with Gasteiger partial charge in [-0.05, 0) is 38.2 Å². The van der Waals surface area contributed by atoms with Crippen molar-refractivity contribution in [3.05, 3.63) is 47.7 Å². The van der Waals surface area contributed by atoms with Crippen LogP contribution in [-0.4, -0.2) is 15.5 Å². The molecule has 1 aromatic carbocycles. The lowest BCUT2D eigenvalue weighted by Crippen LogP contribution is -2.17. The molecule has 1 heterocycles. The van der Waals surface area contributed by atoms with Crippen LogP contribution in [0.2, 0.25) is 0 Å². The number of furan rings is 1. The van der Waals surface area contributed by atoms with E-state index in [1.54, 1.807) is 6.07 Å². The number of hydrogen-bond donors (Lipinski definition) is 2. The van der Waals surface area contributed by atoms with Crippen LogP contribution in [0, 0.1) is 6.92 Å². The molecular weight excluding hydrogens is 264 g/mol. The molecule has 0 bridgehead atoms. The Labute approximate surface area is 112 Å². The van der Waals surface area contributed by atoms with E-state index in [9.17, 15) is 8.42 Å². The SMILES string of the molecule is CNS(=O)(=O)c1ccc(CNc2ccc(C)cc2)o1. The lowest BCUT2D eigenvalue weighted by molar-refractivity contribution is 0.417. The van der Waals surface area contributed by atoms with Gasteiger partial charge in [-0.2, -0.15) is 0 Å². The first-order valence-corrected chi connectivity index (χ1v) is 7.32. The monoisotopic (exact) mass is 280 g/mol. The largest absolute Gasteiger partial charge is 0.446 e. The van der Waals surface area contributed by atoms with Crippen molar-refractivity contribution in [1.82, 2.24) is 4.72 Å². The summed E-state index contributed by atoms with van der Waals surface area (Å²) in [5.74, 6) is 0.564. The number of hydrogen-bond acceptors (Lipinski definition) is 4. The van der Waals surface area contributed by atoms with Crippen molar-refractivity contribution >= 4 is 15.7 Å². The summed E-state index contributed by atoms with van der Waals surface area (Å²) in [7, 11) is -2.16. The molecule has 0 radical (unpaired) electrons. The summed E-state index contributed by atoms with van der Waals surface area (Å²) in [6.07, 6.45) is 0. The van der Waals surface area contributed by atoms with Crippen LogP contribution in [0.1, 0.15) is 11.3 Å². The summed E-state index contributed by atoms with van der Waals surface area (Å²) in [6, 6.07) is 11.0. The van der Waals surface area contributed by atoms with Crippen LogP contribution in [-0.2, 0) is 16.6 Å². The summed E-state index contributed by atoms with van der Waals surface area (Å²) in [6.45, 7) is 2.45. The molecule has 0 atom stereocenters. The predicted molar refractivity (Wildman–Crippen MR) is 73.5 cm³/mol. The molecule has 6 heteroatoms. The molecule has 2 aromatic rings. The molecule has 0 aliphatic carbocycles. The van der Waals surface area contributed by atoms with E-state index in [1.165, 1.54) is 18.7 Å². The van der Waals surface area contributed by atoms with E-state index < -0.39 is 10.0 Å². The summed E-state index contributed by atoms with van der Waals surface area (Å²) >= 11 is 0. The average Bonchev–Trinajstić information content (AvgIpc) is 2.88. The average molecular weight is 280 g/mol. The highest BCUT2D eigenvalue weighted by atomic mass is 32.2. The third kappa shape index (κ3) is 3.36. The maximum atomic E-state index is 11.5. The van der Waals surface area contributed by atoms with E-state index in [-0.39, 0.29) is 5.09 Å². The van der Waals surface area contributed by atoms with Gasteiger partial charge in [-0.3, -0.25) is 0 Å². The second-order valence-corrected chi connectivity index (χ2v) is 5.97. The highest BCUT2D eigenvalue weighted by molar-refractivity contribution is 7.89. The van der Waals surface area contributed by atoms with E-state index >= 15 is 0 Å². The van der Waals surface area contributed by atoms with Crippen LogP contribution in [0.4, 0.5) is 5.69 Å². The third-order valence-corrected chi connectivity index (χ3v) is 3.98. The lowest BCUT2D eigenvalue weighted by atomic mass is 10.2. The molecule has 0 saturated carbocycles. The Morgan fingerprint density at radius 1 is 1.11 bits per heavy atom. The summed E-state index contributed by atoms with van der Waals surface area (Å²) in [4.78, 5) is 0. The van der Waals surface area contributed by atoms with Crippen molar-refractivity contribution in [2.24, 2.45) is 0 Å². The van der Waals surface area contributed by atoms with Crippen molar-refractivity contribution in [2.75, 3.05) is 12.4 Å². The van der Waals surface area contributed by atoms with Crippen molar-refractivity contribution in [2.45, 2.75) is 18.6 Å². The number of aryl methyl sites for hydroxylation is 1. The minimum absolute atomic E-state index is 0.0734. The Balaban J connectivity index is 2.03. The molecule has 0 amide bonds. The molecule has 5 nitrogen and oxygen atoms in total. The molecule has 0 saturated heterocycles. The quantitative estimate of drug-likeness (QED) is 0.880. The number of benzene rings is 1. The standard InChI is InChI=1S/C13H16N2O3S/c1-10-3-5-11(6-4-10)15-9-12-7-8-13(18-12)19(16,17)14-2/h3-8,14-15H,9H2,1-2H3. The zero-order chi connectivity index (χ0) is 13.9. The van der Waals surface area contributed by atoms with Crippen molar-refractivity contribution in [3.8, 4) is 0 Å². The minimum Gasteiger partial charge on any atom is -0.446 e. The second-order valence-electron chi connectivity index (χ2n) is 4.15. The Hall–Kier alpha value is -1.79. The number of sulfonamides is 1. The van der Waals surface area contributed by atoms with Crippen LogP contribution < -0.4 is 10.0 Å². The second kappa shape index (κ2) is 5.46. The van der Waals surface area contributed by atoms with Gasteiger partial charge in [0.2, 0.25) is 5.09 Å². The van der Waals surface area contributed by atoms with Crippen molar-refractivity contribution in [3.63, 3.8) is 0 Å². The normalized spacial score (nSPS) is 11.5. The molecule has 2 rings (SSSR count). The van der Waals surface area contributed by atoms with Gasteiger partial charge < -0.3 is 9.73 Å². The van der Waals surface area contributed by atoms with Gasteiger partial charge in [-0.25, -0.2) is 13.1 Å². The molecule has 2 N–H and O–H groups in total. The van der Waals surface area contributed by atoms with Gasteiger partial charge in [0.15, 0.2) is 0 Å². The van der Waals surface area contributed by atoms with Crippen LogP contribution in [0.25, 0.3) is 0 Å². The lowest BCUT2D eigenvalue weighted by Gasteiger charge is -2.04. The topological polar surface area (TPSA) is 71.3 Å². The highest BCUT2D eigenvalue weighted by Gasteiger charge is 2.15. The molecule has 0 aliphatic heterocycles. The molecule has 0 spiro atoms. The first-order valence-electron chi connectivity index (χ1n) is 5.84. The Bertz CT molecular complexity index is 645. The summed E-state index contributed by atoms with van der Waals surface area (Å²) in [5, 5.41) is 3.09. The number of anilines is 1. The molecule has 0 aliphatic rings. The minimum atomic E-state index is -3.51. The fraction of sp³-hybridized carbons (Fsp3) is 0.231. The van der Waals surface area contributed by atoms with E-state index in [1.807, 2.05) is 31.2 Å². The number of rotatable bonds is 5. The van der Waals surface area contributed by atoms with Crippen LogP contribution in [0.5, 0.6) is 0 Å². The smallest absolute Gasteiger partial charge is 0.273 e. The predicted octanol–water partition coefficient (Wildman–Crippen LogP) is 2.11. The summed E-state index contributed by atoms with van der Waals surface area (Å²) < 4.78 is 30.5. The van der Waals surface area contributed by atoms with Crippen molar-refractivity contribution < 1.29 is 12.8 Å². The van der Waals surface area contributed by atoms with Crippen LogP contribution in [0.15, 0.2) is 45.9 Å². The molecular formula is C13H16N2O3S. The van der Waals surface area contributed by atoms with Gasteiger partial charge in [-0.15, -0.1) is 0 Å². The van der Waals surface area contributed by atoms with Gasteiger partial charge in [0.1, 0.15) is 5.76 Å². The van der Waals surface area contributed by atoms with Gasteiger partial charge in [0, 0.05) is 5.69 Å². The summed E-state index contributed by atoms with van der Waals surface area (Å²) in [5.41, 5.74) is 2.14. The Kier molecular flexibility index (Phi) is 3.92. The van der Waals surface area contributed by atoms with E-state index in [0.29, 0.717) is 12.3 Å². The Morgan fingerprint density at radius 3 is 2.42 bits per heavy atom. The first kappa shape index (κ1) is 13.6. The Morgan fingerprint density at radius 2 is 1.79 bits per heavy atom. The van der Waals surface area contributed by atoms with Gasteiger partial charge in [0.05, 0.1) is 6.54 Å². The van der Waals surface area contributed by atoms with Gasteiger partial charge in [0.25, 0.3) is 10.0 Å². The fourth-order valence-corrected chi connectivity index (χ4v) is 2.22.